The summed E-state index contributed by atoms with van der Waals surface area (Å²) in [6, 6.07) is 3.29. The average Bonchev–Trinajstić information content (AvgIpc) is 2.59. The third kappa shape index (κ3) is 2.98. The zero-order valence-electron chi connectivity index (χ0n) is 12.2. The van der Waals surface area contributed by atoms with Crippen LogP contribution in [-0.2, 0) is 9.59 Å². The molecule has 2 unspecified atom stereocenters. The van der Waals surface area contributed by atoms with E-state index in [0.29, 0.717) is 13.0 Å². The molecule has 1 aromatic heterocycles. The first-order chi connectivity index (χ1) is 9.50. The lowest BCUT2D eigenvalue weighted by Gasteiger charge is -2.31. The van der Waals surface area contributed by atoms with E-state index in [1.54, 1.807) is 17.3 Å². The molecule has 2 atom stereocenters. The smallest absolute Gasteiger partial charge is 0.245 e. The Morgan fingerprint density at radius 2 is 2.10 bits per heavy atom. The van der Waals surface area contributed by atoms with Crippen LogP contribution in [0.25, 0.3) is 0 Å². The number of rotatable bonds is 3. The van der Waals surface area contributed by atoms with Crippen molar-refractivity contribution in [3.05, 3.63) is 30.1 Å². The van der Waals surface area contributed by atoms with Crippen molar-refractivity contribution >= 4 is 11.8 Å². The summed E-state index contributed by atoms with van der Waals surface area (Å²) in [6.45, 7) is 6.31. The molecule has 1 aliphatic rings. The highest BCUT2D eigenvalue weighted by Crippen LogP contribution is 2.23. The minimum absolute atomic E-state index is 0.0118. The van der Waals surface area contributed by atoms with E-state index in [4.69, 9.17) is 0 Å². The van der Waals surface area contributed by atoms with Crippen LogP contribution in [0.4, 0.5) is 0 Å². The van der Waals surface area contributed by atoms with Gasteiger partial charge in [-0.05, 0) is 24.5 Å². The number of hydrogen-bond acceptors (Lipinski definition) is 3. The molecule has 1 N–H and O–H groups in total. The summed E-state index contributed by atoms with van der Waals surface area (Å²) in [5.41, 5.74) is 0.984. The molecular weight excluding hydrogens is 254 g/mol. The standard InChI is InChI=1S/C15H21N3O2/c1-10(2)14-15(20)18(8-6-13(19)17-14)11(3)12-5-4-7-16-9-12/h4-5,7,9-11,14H,6,8H2,1-3H3,(H,17,19). The summed E-state index contributed by atoms with van der Waals surface area (Å²) in [5, 5.41) is 2.82. The number of pyridine rings is 1. The lowest BCUT2D eigenvalue weighted by atomic mass is 10.0. The second kappa shape index (κ2) is 6.03. The molecule has 20 heavy (non-hydrogen) atoms. The second-order valence-electron chi connectivity index (χ2n) is 5.53. The predicted octanol–water partition coefficient (Wildman–Crippen LogP) is 1.52. The van der Waals surface area contributed by atoms with Gasteiger partial charge in [-0.3, -0.25) is 14.6 Å². The van der Waals surface area contributed by atoms with Crippen LogP contribution < -0.4 is 5.32 Å². The van der Waals surface area contributed by atoms with Gasteiger partial charge in [0.25, 0.3) is 0 Å². The predicted molar refractivity (Wildman–Crippen MR) is 75.8 cm³/mol. The Morgan fingerprint density at radius 1 is 1.35 bits per heavy atom. The Morgan fingerprint density at radius 3 is 2.70 bits per heavy atom. The van der Waals surface area contributed by atoms with E-state index in [9.17, 15) is 9.59 Å². The topological polar surface area (TPSA) is 62.3 Å². The van der Waals surface area contributed by atoms with Crippen molar-refractivity contribution in [2.75, 3.05) is 6.54 Å². The fourth-order valence-electron chi connectivity index (χ4n) is 2.46. The quantitative estimate of drug-likeness (QED) is 0.909. The number of aromatic nitrogens is 1. The summed E-state index contributed by atoms with van der Waals surface area (Å²) in [6.07, 6.45) is 3.82. The third-order valence-electron chi connectivity index (χ3n) is 3.75. The van der Waals surface area contributed by atoms with Crippen LogP contribution in [0.15, 0.2) is 24.5 Å². The molecule has 5 heteroatoms. The van der Waals surface area contributed by atoms with Crippen molar-refractivity contribution in [2.24, 2.45) is 5.92 Å². The highest BCUT2D eigenvalue weighted by molar-refractivity contribution is 5.90. The normalized spacial score (nSPS) is 21.6. The molecule has 0 aliphatic carbocycles. The maximum absolute atomic E-state index is 12.6. The maximum Gasteiger partial charge on any atom is 0.245 e. The van der Waals surface area contributed by atoms with Crippen molar-refractivity contribution in [1.29, 1.82) is 0 Å². The zero-order valence-corrected chi connectivity index (χ0v) is 12.2. The molecule has 0 bridgehead atoms. The first-order valence-corrected chi connectivity index (χ1v) is 7.00. The van der Waals surface area contributed by atoms with E-state index in [2.05, 4.69) is 10.3 Å². The van der Waals surface area contributed by atoms with Gasteiger partial charge in [-0.2, -0.15) is 0 Å². The van der Waals surface area contributed by atoms with E-state index in [-0.39, 0.29) is 23.8 Å². The molecule has 0 radical (unpaired) electrons. The van der Waals surface area contributed by atoms with Crippen LogP contribution in [0.5, 0.6) is 0 Å². The summed E-state index contributed by atoms with van der Waals surface area (Å²) in [7, 11) is 0. The van der Waals surface area contributed by atoms with Gasteiger partial charge in [0.2, 0.25) is 11.8 Å². The Kier molecular flexibility index (Phi) is 4.37. The van der Waals surface area contributed by atoms with Gasteiger partial charge in [0.05, 0.1) is 6.04 Å². The van der Waals surface area contributed by atoms with Crippen molar-refractivity contribution < 1.29 is 9.59 Å². The van der Waals surface area contributed by atoms with Gasteiger partial charge in [0.1, 0.15) is 6.04 Å². The molecule has 5 nitrogen and oxygen atoms in total. The van der Waals surface area contributed by atoms with E-state index in [1.807, 2.05) is 32.9 Å². The first-order valence-electron chi connectivity index (χ1n) is 7.00. The van der Waals surface area contributed by atoms with E-state index >= 15 is 0 Å². The van der Waals surface area contributed by atoms with Gasteiger partial charge >= 0.3 is 0 Å². The Bertz CT molecular complexity index is 487. The van der Waals surface area contributed by atoms with Crippen LogP contribution in [-0.4, -0.2) is 34.3 Å². The fraction of sp³-hybridized carbons (Fsp3) is 0.533. The molecule has 2 heterocycles. The van der Waals surface area contributed by atoms with Crippen LogP contribution in [0.3, 0.4) is 0 Å². The molecule has 1 saturated heterocycles. The zero-order chi connectivity index (χ0) is 14.7. The highest BCUT2D eigenvalue weighted by atomic mass is 16.2. The molecule has 2 rings (SSSR count). The van der Waals surface area contributed by atoms with Crippen molar-refractivity contribution in [3.63, 3.8) is 0 Å². The Hall–Kier alpha value is -1.91. The minimum Gasteiger partial charge on any atom is -0.344 e. The number of carbonyl (C=O) groups excluding carboxylic acids is 2. The van der Waals surface area contributed by atoms with Crippen molar-refractivity contribution in [3.8, 4) is 0 Å². The maximum atomic E-state index is 12.6. The lowest BCUT2D eigenvalue weighted by molar-refractivity contribution is -0.136. The summed E-state index contributed by atoms with van der Waals surface area (Å²) in [4.78, 5) is 30.3. The van der Waals surface area contributed by atoms with Gasteiger partial charge in [-0.1, -0.05) is 19.9 Å². The van der Waals surface area contributed by atoms with Crippen molar-refractivity contribution in [1.82, 2.24) is 15.2 Å². The Balaban J connectivity index is 2.25. The van der Waals surface area contributed by atoms with Crippen LogP contribution in [0.1, 0.15) is 38.8 Å². The minimum atomic E-state index is -0.441. The monoisotopic (exact) mass is 275 g/mol. The molecule has 108 valence electrons. The number of nitrogens with one attached hydrogen (secondary N) is 1. The molecule has 2 amide bonds. The average molecular weight is 275 g/mol. The molecule has 1 aliphatic heterocycles. The SMILES string of the molecule is CC(C)C1NC(=O)CCN(C(C)c2cccnc2)C1=O. The molecule has 0 spiro atoms. The fourth-order valence-corrected chi connectivity index (χ4v) is 2.46. The third-order valence-corrected chi connectivity index (χ3v) is 3.75. The van der Waals surface area contributed by atoms with Gasteiger partial charge in [-0.25, -0.2) is 0 Å². The van der Waals surface area contributed by atoms with Gasteiger partial charge in [-0.15, -0.1) is 0 Å². The summed E-state index contributed by atoms with van der Waals surface area (Å²) >= 11 is 0. The van der Waals surface area contributed by atoms with E-state index in [1.165, 1.54) is 0 Å². The Labute approximate surface area is 119 Å². The summed E-state index contributed by atoms with van der Waals surface area (Å²) in [5.74, 6) is 0.00767. The molecular formula is C15H21N3O2. The molecule has 0 saturated carbocycles. The largest absolute Gasteiger partial charge is 0.344 e. The van der Waals surface area contributed by atoms with Crippen LogP contribution in [0.2, 0.25) is 0 Å². The number of hydrogen-bond donors (Lipinski definition) is 1. The molecule has 1 aromatic rings. The molecule has 1 fully saturated rings. The number of amides is 2. The highest BCUT2D eigenvalue weighted by Gasteiger charge is 2.34. The van der Waals surface area contributed by atoms with Crippen LogP contribution in [0, 0.1) is 5.92 Å². The molecule has 0 aromatic carbocycles. The van der Waals surface area contributed by atoms with Gasteiger partial charge in [0.15, 0.2) is 0 Å². The first kappa shape index (κ1) is 14.5. The lowest BCUT2D eigenvalue weighted by Crippen LogP contribution is -2.48. The van der Waals surface area contributed by atoms with E-state index in [0.717, 1.165) is 5.56 Å². The number of nitrogens with zero attached hydrogens (tertiary/aromatic N) is 2. The van der Waals surface area contributed by atoms with Crippen LogP contribution >= 0.6 is 0 Å². The van der Waals surface area contributed by atoms with Crippen molar-refractivity contribution in [2.45, 2.75) is 39.3 Å². The van der Waals surface area contributed by atoms with E-state index < -0.39 is 6.04 Å². The van der Waals surface area contributed by atoms with Gasteiger partial charge in [0, 0.05) is 25.4 Å². The second-order valence-corrected chi connectivity index (χ2v) is 5.53. The summed E-state index contributed by atoms with van der Waals surface area (Å²) < 4.78 is 0. The number of carbonyl (C=O) groups is 2. The van der Waals surface area contributed by atoms with Gasteiger partial charge < -0.3 is 10.2 Å².